The third kappa shape index (κ3) is 8.52. The first-order valence-electron chi connectivity index (χ1n) is 10.8. The van der Waals surface area contributed by atoms with Gasteiger partial charge in [0.25, 0.3) is 0 Å². The van der Waals surface area contributed by atoms with Crippen molar-refractivity contribution in [1.82, 2.24) is 0 Å². The van der Waals surface area contributed by atoms with Crippen LogP contribution in [0.25, 0.3) is 0 Å². The number of anilines is 4. The largest absolute Gasteiger partial charge is 0.356 e. The van der Waals surface area contributed by atoms with Crippen molar-refractivity contribution in [3.8, 4) is 0 Å². The molecule has 0 saturated heterocycles. The van der Waals surface area contributed by atoms with E-state index in [1.54, 1.807) is 0 Å². The van der Waals surface area contributed by atoms with Crippen LogP contribution in [0.1, 0.15) is 25.3 Å². The minimum atomic E-state index is 1.06. The van der Waals surface area contributed by atoms with Crippen molar-refractivity contribution >= 4 is 54.6 Å². The highest BCUT2D eigenvalue weighted by molar-refractivity contribution is 9.10. The Kier molecular flexibility index (Phi) is 9.86. The second-order valence-electron chi connectivity index (χ2n) is 7.43. The Morgan fingerprint density at radius 3 is 1.28 bits per heavy atom. The molecule has 0 heterocycles. The number of aryl methyl sites for hydroxylation is 1. The zero-order valence-electron chi connectivity index (χ0n) is 18.2. The fourth-order valence-electron chi connectivity index (χ4n) is 3.06. The maximum absolute atomic E-state index is 3.44. The van der Waals surface area contributed by atoms with E-state index < -0.39 is 0 Å². The second kappa shape index (κ2) is 13.1. The summed E-state index contributed by atoms with van der Waals surface area (Å²) < 4.78 is 2.15. The summed E-state index contributed by atoms with van der Waals surface area (Å²) in [4.78, 5) is 0. The normalized spacial score (nSPS) is 10.1. The van der Waals surface area contributed by atoms with E-state index in [-0.39, 0.29) is 0 Å². The SMILES string of the molecule is Brc1ccc(Nc2ccc(Nc3ccc(Br)cc3)cc2)cc1.CCCCc1ccccc1. The molecule has 4 aromatic carbocycles. The average molecular weight is 552 g/mol. The maximum atomic E-state index is 3.44. The van der Waals surface area contributed by atoms with Crippen LogP contribution >= 0.6 is 31.9 Å². The quantitative estimate of drug-likeness (QED) is 0.239. The topological polar surface area (TPSA) is 24.1 Å². The van der Waals surface area contributed by atoms with E-state index in [0.717, 1.165) is 31.7 Å². The standard InChI is InChI=1S/C18H14Br2N2.C10H14/c19-13-1-5-15(6-2-13)21-17-9-11-18(12-10-17)22-16-7-3-14(20)4-8-16;1-2-3-7-10-8-5-4-6-9-10/h1-12,21-22H;4-6,8-9H,2-3,7H2,1H3. The Hall–Kier alpha value is -2.56. The van der Waals surface area contributed by atoms with Crippen molar-refractivity contribution in [3.05, 3.63) is 118 Å². The summed E-state index contributed by atoms with van der Waals surface area (Å²) in [6.07, 6.45) is 3.83. The van der Waals surface area contributed by atoms with Gasteiger partial charge in [0.15, 0.2) is 0 Å². The first kappa shape index (κ1) is 24.1. The number of halogens is 2. The number of benzene rings is 4. The molecule has 2 nitrogen and oxygen atoms in total. The molecule has 32 heavy (non-hydrogen) atoms. The lowest BCUT2D eigenvalue weighted by atomic mass is 10.1. The number of rotatable bonds is 7. The van der Waals surface area contributed by atoms with E-state index in [1.807, 2.05) is 48.5 Å². The van der Waals surface area contributed by atoms with Gasteiger partial charge in [-0.3, -0.25) is 0 Å². The molecule has 0 fully saturated rings. The highest BCUT2D eigenvalue weighted by Gasteiger charge is 1.98. The molecule has 0 aliphatic carbocycles. The van der Waals surface area contributed by atoms with Gasteiger partial charge in [0, 0.05) is 31.7 Å². The van der Waals surface area contributed by atoms with Gasteiger partial charge in [-0.05, 0) is 91.2 Å². The van der Waals surface area contributed by atoms with Crippen LogP contribution < -0.4 is 10.6 Å². The molecule has 0 radical (unpaired) electrons. The molecule has 164 valence electrons. The van der Waals surface area contributed by atoms with Crippen LogP contribution in [0.2, 0.25) is 0 Å². The van der Waals surface area contributed by atoms with Crippen molar-refractivity contribution in [2.24, 2.45) is 0 Å². The van der Waals surface area contributed by atoms with Crippen LogP contribution in [0, 0.1) is 0 Å². The molecule has 0 aromatic heterocycles. The summed E-state index contributed by atoms with van der Waals surface area (Å²) in [6.45, 7) is 2.23. The minimum Gasteiger partial charge on any atom is -0.356 e. The Morgan fingerprint density at radius 2 is 0.906 bits per heavy atom. The molecule has 0 aliphatic heterocycles. The van der Waals surface area contributed by atoms with Gasteiger partial charge in [0.2, 0.25) is 0 Å². The lowest BCUT2D eigenvalue weighted by molar-refractivity contribution is 0.795. The van der Waals surface area contributed by atoms with Crippen molar-refractivity contribution in [2.75, 3.05) is 10.6 Å². The Labute approximate surface area is 208 Å². The number of hydrogen-bond acceptors (Lipinski definition) is 2. The number of nitrogens with one attached hydrogen (secondary N) is 2. The third-order valence-corrected chi connectivity index (χ3v) is 5.87. The summed E-state index contributed by atoms with van der Waals surface area (Å²) in [5, 5.41) is 6.75. The summed E-state index contributed by atoms with van der Waals surface area (Å²) in [5.41, 5.74) is 5.71. The zero-order chi connectivity index (χ0) is 22.6. The molecular formula is C28H28Br2N2. The molecule has 0 amide bonds. The van der Waals surface area contributed by atoms with Gasteiger partial charge in [-0.25, -0.2) is 0 Å². The predicted molar refractivity (Wildman–Crippen MR) is 146 cm³/mol. The van der Waals surface area contributed by atoms with Gasteiger partial charge in [-0.1, -0.05) is 75.5 Å². The third-order valence-electron chi connectivity index (χ3n) is 4.81. The molecule has 0 saturated carbocycles. The lowest BCUT2D eigenvalue weighted by Gasteiger charge is -2.09. The van der Waals surface area contributed by atoms with Crippen LogP contribution in [0.15, 0.2) is 112 Å². The Morgan fingerprint density at radius 1 is 0.531 bits per heavy atom. The molecule has 0 bridgehead atoms. The van der Waals surface area contributed by atoms with E-state index >= 15 is 0 Å². The fourth-order valence-corrected chi connectivity index (χ4v) is 3.59. The van der Waals surface area contributed by atoms with E-state index in [1.165, 1.54) is 24.8 Å². The zero-order valence-corrected chi connectivity index (χ0v) is 21.4. The van der Waals surface area contributed by atoms with Crippen LogP contribution in [0.5, 0.6) is 0 Å². The summed E-state index contributed by atoms with van der Waals surface area (Å²) in [7, 11) is 0. The van der Waals surface area contributed by atoms with Gasteiger partial charge in [-0.2, -0.15) is 0 Å². The molecule has 0 aliphatic rings. The van der Waals surface area contributed by atoms with E-state index in [4.69, 9.17) is 0 Å². The molecule has 0 unspecified atom stereocenters. The summed E-state index contributed by atoms with van der Waals surface area (Å²) >= 11 is 6.87. The van der Waals surface area contributed by atoms with Crippen molar-refractivity contribution in [1.29, 1.82) is 0 Å². The van der Waals surface area contributed by atoms with Crippen molar-refractivity contribution in [2.45, 2.75) is 26.2 Å². The van der Waals surface area contributed by atoms with Gasteiger partial charge in [0.05, 0.1) is 0 Å². The minimum absolute atomic E-state index is 1.06. The molecular weight excluding hydrogens is 524 g/mol. The molecule has 0 spiro atoms. The summed E-state index contributed by atoms with van der Waals surface area (Å²) in [6, 6.07) is 35.1. The Bertz CT molecular complexity index is 979. The first-order valence-corrected chi connectivity index (χ1v) is 12.4. The molecule has 4 rings (SSSR count). The van der Waals surface area contributed by atoms with Gasteiger partial charge in [0.1, 0.15) is 0 Å². The smallest absolute Gasteiger partial charge is 0.0385 e. The van der Waals surface area contributed by atoms with Crippen molar-refractivity contribution in [3.63, 3.8) is 0 Å². The van der Waals surface area contributed by atoms with E-state index in [0.29, 0.717) is 0 Å². The van der Waals surface area contributed by atoms with Crippen LogP contribution in [0.4, 0.5) is 22.7 Å². The molecule has 4 heteroatoms. The Balaban J connectivity index is 0.000000243. The molecule has 0 atom stereocenters. The first-order chi connectivity index (χ1) is 15.6. The monoisotopic (exact) mass is 550 g/mol. The average Bonchev–Trinajstić information content (AvgIpc) is 2.83. The van der Waals surface area contributed by atoms with E-state index in [2.05, 4.69) is 104 Å². The molecule has 2 N–H and O–H groups in total. The fraction of sp³-hybridized carbons (Fsp3) is 0.143. The highest BCUT2D eigenvalue weighted by Crippen LogP contribution is 2.23. The van der Waals surface area contributed by atoms with Crippen LogP contribution in [-0.2, 0) is 6.42 Å². The van der Waals surface area contributed by atoms with Gasteiger partial charge in [-0.15, -0.1) is 0 Å². The van der Waals surface area contributed by atoms with Gasteiger partial charge < -0.3 is 10.6 Å². The molecule has 4 aromatic rings. The predicted octanol–water partition coefficient (Wildman–Crippen LogP) is 9.73. The van der Waals surface area contributed by atoms with E-state index in [9.17, 15) is 0 Å². The number of hydrogen-bond donors (Lipinski definition) is 2. The summed E-state index contributed by atoms with van der Waals surface area (Å²) in [5.74, 6) is 0. The number of unbranched alkanes of at least 4 members (excludes halogenated alkanes) is 1. The lowest BCUT2D eigenvalue weighted by Crippen LogP contribution is -1.92. The second-order valence-corrected chi connectivity index (χ2v) is 9.26. The van der Waals surface area contributed by atoms with Crippen LogP contribution in [-0.4, -0.2) is 0 Å². The van der Waals surface area contributed by atoms with Crippen LogP contribution in [0.3, 0.4) is 0 Å². The highest BCUT2D eigenvalue weighted by atomic mass is 79.9. The van der Waals surface area contributed by atoms with Crippen molar-refractivity contribution < 1.29 is 0 Å². The maximum Gasteiger partial charge on any atom is 0.0385 e. The van der Waals surface area contributed by atoms with Gasteiger partial charge >= 0.3 is 0 Å².